The maximum absolute atomic E-state index is 13.7. The number of carbonyl (C=O) groups excluding carboxylic acids is 1. The number of rotatable bonds is 2. The van der Waals surface area contributed by atoms with E-state index in [2.05, 4.69) is 17.2 Å². The Labute approximate surface area is 111 Å². The van der Waals surface area contributed by atoms with Crippen molar-refractivity contribution >= 4 is 5.91 Å². The van der Waals surface area contributed by atoms with E-state index in [1.807, 2.05) is 0 Å². The summed E-state index contributed by atoms with van der Waals surface area (Å²) in [6, 6.07) is 4.29. The van der Waals surface area contributed by atoms with Crippen LogP contribution in [0.2, 0.25) is 0 Å². The number of carbonyl (C=O) groups is 1. The van der Waals surface area contributed by atoms with Crippen molar-refractivity contribution in [2.75, 3.05) is 6.61 Å². The van der Waals surface area contributed by atoms with E-state index in [1.165, 1.54) is 18.2 Å². The molecule has 4 heteroatoms. The Bertz CT molecular complexity index is 525. The van der Waals surface area contributed by atoms with Crippen molar-refractivity contribution < 1.29 is 14.3 Å². The summed E-state index contributed by atoms with van der Waals surface area (Å²) in [6.45, 7) is -0.263. The fourth-order valence-electron chi connectivity index (χ4n) is 2.25. The molecule has 1 saturated carbocycles. The van der Waals surface area contributed by atoms with Gasteiger partial charge in [-0.15, -0.1) is 0 Å². The van der Waals surface area contributed by atoms with Gasteiger partial charge in [-0.1, -0.05) is 24.7 Å². The summed E-state index contributed by atoms with van der Waals surface area (Å²) in [6.07, 6.45) is 4.12. The molecule has 1 aliphatic carbocycles. The molecule has 2 rings (SSSR count). The summed E-state index contributed by atoms with van der Waals surface area (Å²) in [4.78, 5) is 12.0. The van der Waals surface area contributed by atoms with Gasteiger partial charge in [0.25, 0.3) is 5.91 Å². The van der Waals surface area contributed by atoms with Gasteiger partial charge in [-0.05, 0) is 31.0 Å². The molecule has 0 bridgehead atoms. The number of benzene rings is 1. The van der Waals surface area contributed by atoms with Crippen molar-refractivity contribution in [3.8, 4) is 11.8 Å². The zero-order valence-corrected chi connectivity index (χ0v) is 10.6. The van der Waals surface area contributed by atoms with Gasteiger partial charge in [-0.2, -0.15) is 0 Å². The molecule has 0 spiro atoms. The van der Waals surface area contributed by atoms with Crippen LogP contribution in [0, 0.1) is 17.7 Å². The van der Waals surface area contributed by atoms with E-state index >= 15 is 0 Å². The van der Waals surface area contributed by atoms with Crippen LogP contribution < -0.4 is 5.32 Å². The molecule has 0 aromatic heterocycles. The Kier molecular flexibility index (Phi) is 4.53. The highest BCUT2D eigenvalue weighted by molar-refractivity contribution is 5.95. The van der Waals surface area contributed by atoms with Crippen LogP contribution in [-0.4, -0.2) is 23.7 Å². The van der Waals surface area contributed by atoms with Gasteiger partial charge >= 0.3 is 0 Å². The Balaban J connectivity index is 2.15. The molecule has 1 fully saturated rings. The van der Waals surface area contributed by atoms with Crippen LogP contribution >= 0.6 is 0 Å². The van der Waals surface area contributed by atoms with Crippen LogP contribution in [-0.2, 0) is 0 Å². The maximum atomic E-state index is 13.7. The van der Waals surface area contributed by atoms with Crippen LogP contribution in [0.3, 0.4) is 0 Å². The molecular weight excluding hydrogens is 245 g/mol. The lowest BCUT2D eigenvalue weighted by molar-refractivity contribution is 0.0934. The number of hydrogen-bond donors (Lipinski definition) is 2. The predicted molar refractivity (Wildman–Crippen MR) is 70.1 cm³/mol. The van der Waals surface area contributed by atoms with Gasteiger partial charge in [0.1, 0.15) is 12.4 Å². The first-order valence-corrected chi connectivity index (χ1v) is 6.41. The van der Waals surface area contributed by atoms with Crippen molar-refractivity contribution in [1.29, 1.82) is 0 Å². The van der Waals surface area contributed by atoms with E-state index in [9.17, 15) is 9.18 Å². The Hall–Kier alpha value is -1.86. The van der Waals surface area contributed by atoms with Gasteiger partial charge in [0.15, 0.2) is 0 Å². The normalized spacial score (nSPS) is 14.8. The quantitative estimate of drug-likeness (QED) is 0.798. The average molecular weight is 261 g/mol. The van der Waals surface area contributed by atoms with Gasteiger partial charge < -0.3 is 10.4 Å². The maximum Gasteiger partial charge on any atom is 0.254 e. The highest BCUT2D eigenvalue weighted by Crippen LogP contribution is 2.19. The number of halogens is 1. The number of amides is 1. The molecule has 1 aliphatic rings. The summed E-state index contributed by atoms with van der Waals surface area (Å²) in [7, 11) is 0. The lowest BCUT2D eigenvalue weighted by atomic mass is 10.1. The fraction of sp³-hybridized carbons (Fsp3) is 0.400. The van der Waals surface area contributed by atoms with E-state index in [0.29, 0.717) is 5.56 Å². The molecule has 0 aliphatic heterocycles. The van der Waals surface area contributed by atoms with Gasteiger partial charge in [0.05, 0.1) is 5.56 Å². The minimum Gasteiger partial charge on any atom is -0.384 e. The van der Waals surface area contributed by atoms with Gasteiger partial charge in [0.2, 0.25) is 0 Å². The molecule has 2 N–H and O–H groups in total. The summed E-state index contributed by atoms with van der Waals surface area (Å²) >= 11 is 0. The van der Waals surface area contributed by atoms with Crippen LogP contribution in [0.1, 0.15) is 41.6 Å². The van der Waals surface area contributed by atoms with E-state index in [-0.39, 0.29) is 18.2 Å². The van der Waals surface area contributed by atoms with E-state index in [1.54, 1.807) is 0 Å². The zero-order valence-electron chi connectivity index (χ0n) is 10.6. The third-order valence-electron chi connectivity index (χ3n) is 3.21. The molecule has 19 heavy (non-hydrogen) atoms. The molecule has 3 nitrogen and oxygen atoms in total. The first kappa shape index (κ1) is 13.6. The smallest absolute Gasteiger partial charge is 0.254 e. The molecule has 0 heterocycles. The lowest BCUT2D eigenvalue weighted by Crippen LogP contribution is -2.33. The standard InChI is InChI=1S/C15H16FNO2/c16-14-8-7-11(4-3-9-18)10-13(14)15(19)17-12-5-1-2-6-12/h7-8,10,12,18H,1-2,5-6,9H2,(H,17,19). The number of aliphatic hydroxyl groups excluding tert-OH is 1. The Morgan fingerprint density at radius 3 is 2.84 bits per heavy atom. The Morgan fingerprint density at radius 2 is 2.16 bits per heavy atom. The van der Waals surface area contributed by atoms with E-state index in [4.69, 9.17) is 5.11 Å². The van der Waals surface area contributed by atoms with Crippen molar-refractivity contribution in [2.24, 2.45) is 0 Å². The average Bonchev–Trinajstić information content (AvgIpc) is 2.90. The molecule has 0 radical (unpaired) electrons. The minimum absolute atomic E-state index is 0.0108. The van der Waals surface area contributed by atoms with Gasteiger partial charge in [-0.3, -0.25) is 4.79 Å². The van der Waals surface area contributed by atoms with E-state index in [0.717, 1.165) is 25.7 Å². The second-order valence-corrected chi connectivity index (χ2v) is 4.61. The van der Waals surface area contributed by atoms with Crippen molar-refractivity contribution in [1.82, 2.24) is 5.32 Å². The fourth-order valence-corrected chi connectivity index (χ4v) is 2.25. The lowest BCUT2D eigenvalue weighted by Gasteiger charge is -2.12. The summed E-state index contributed by atoms with van der Waals surface area (Å²) in [5.74, 6) is 4.20. The zero-order chi connectivity index (χ0) is 13.7. The highest BCUT2D eigenvalue weighted by Gasteiger charge is 2.19. The molecule has 0 unspecified atom stereocenters. The monoisotopic (exact) mass is 261 g/mol. The summed E-state index contributed by atoms with van der Waals surface area (Å²) in [5.41, 5.74) is 0.531. The second kappa shape index (κ2) is 6.35. The Morgan fingerprint density at radius 1 is 1.42 bits per heavy atom. The van der Waals surface area contributed by atoms with Crippen LogP contribution in [0.4, 0.5) is 4.39 Å². The topological polar surface area (TPSA) is 49.3 Å². The van der Waals surface area contributed by atoms with Crippen LogP contribution in [0.25, 0.3) is 0 Å². The first-order chi connectivity index (χ1) is 9.20. The SMILES string of the molecule is O=C(NC1CCCC1)c1cc(C#CCO)ccc1F. The molecule has 1 aromatic carbocycles. The van der Waals surface area contributed by atoms with Crippen LogP contribution in [0.5, 0.6) is 0 Å². The second-order valence-electron chi connectivity index (χ2n) is 4.61. The number of nitrogens with one attached hydrogen (secondary N) is 1. The molecule has 1 aromatic rings. The highest BCUT2D eigenvalue weighted by atomic mass is 19.1. The number of aliphatic hydroxyl groups is 1. The van der Waals surface area contributed by atoms with Gasteiger partial charge in [0, 0.05) is 11.6 Å². The predicted octanol–water partition coefficient (Wildman–Crippen LogP) is 1.84. The van der Waals surface area contributed by atoms with Crippen molar-refractivity contribution in [3.05, 3.63) is 35.1 Å². The van der Waals surface area contributed by atoms with E-state index < -0.39 is 11.7 Å². The largest absolute Gasteiger partial charge is 0.384 e. The first-order valence-electron chi connectivity index (χ1n) is 6.41. The number of hydrogen-bond acceptors (Lipinski definition) is 2. The van der Waals surface area contributed by atoms with Crippen LogP contribution in [0.15, 0.2) is 18.2 Å². The van der Waals surface area contributed by atoms with Crippen molar-refractivity contribution in [3.63, 3.8) is 0 Å². The molecular formula is C15H16FNO2. The molecule has 1 amide bonds. The third kappa shape index (κ3) is 3.55. The van der Waals surface area contributed by atoms with Crippen molar-refractivity contribution in [2.45, 2.75) is 31.7 Å². The van der Waals surface area contributed by atoms with Gasteiger partial charge in [-0.25, -0.2) is 4.39 Å². The molecule has 0 atom stereocenters. The summed E-state index contributed by atoms with van der Waals surface area (Å²) < 4.78 is 13.7. The third-order valence-corrected chi connectivity index (χ3v) is 3.21. The molecule has 100 valence electrons. The minimum atomic E-state index is -0.551. The molecule has 0 saturated heterocycles. The summed E-state index contributed by atoms with van der Waals surface area (Å²) in [5, 5.41) is 11.5.